The number of hydrogen-bond donors (Lipinski definition) is 1. The standard InChI is InChI=1S/C23H17F2N5O3/c1-2-32-23-26-11-14-9-17(13-3-8-18-19(10-13)28-12-27-18)21(31)30(20(14)29-23)15-4-6-16(7-5-15)33-22(24)25/h3-12,22H,2H2,1H3,(H,27,28). The Kier molecular flexibility index (Phi) is 5.17. The van der Waals surface area contributed by atoms with Crippen molar-refractivity contribution in [3.8, 4) is 28.6 Å². The summed E-state index contributed by atoms with van der Waals surface area (Å²) in [5.41, 5.74) is 3.07. The Morgan fingerprint density at radius 2 is 1.91 bits per heavy atom. The first-order valence-electron chi connectivity index (χ1n) is 10.1. The van der Waals surface area contributed by atoms with Crippen LogP contribution in [0, 0.1) is 0 Å². The molecule has 0 aliphatic carbocycles. The van der Waals surface area contributed by atoms with Gasteiger partial charge in [-0.25, -0.2) is 9.97 Å². The Bertz CT molecular complexity index is 1510. The molecule has 0 amide bonds. The second-order valence-electron chi connectivity index (χ2n) is 7.07. The maximum atomic E-state index is 13.7. The van der Waals surface area contributed by atoms with Gasteiger partial charge < -0.3 is 14.5 Å². The highest BCUT2D eigenvalue weighted by Gasteiger charge is 2.16. The van der Waals surface area contributed by atoms with Gasteiger partial charge in [-0.05, 0) is 55.0 Å². The fraction of sp³-hybridized carbons (Fsp3) is 0.130. The fourth-order valence-corrected chi connectivity index (χ4v) is 3.61. The van der Waals surface area contributed by atoms with Crippen LogP contribution in [0.1, 0.15) is 6.92 Å². The third-order valence-electron chi connectivity index (χ3n) is 5.04. The monoisotopic (exact) mass is 449 g/mol. The summed E-state index contributed by atoms with van der Waals surface area (Å²) in [6.07, 6.45) is 3.16. The van der Waals surface area contributed by atoms with Crippen LogP contribution in [0.15, 0.2) is 65.8 Å². The quantitative estimate of drug-likeness (QED) is 0.415. The number of halogens is 2. The van der Waals surface area contributed by atoms with E-state index in [1.807, 2.05) is 18.2 Å². The zero-order valence-corrected chi connectivity index (χ0v) is 17.3. The minimum absolute atomic E-state index is 0.0170. The molecule has 5 aromatic rings. The number of nitrogens with zero attached hydrogens (tertiary/aromatic N) is 4. The number of hydrogen-bond acceptors (Lipinski definition) is 6. The van der Waals surface area contributed by atoms with E-state index in [4.69, 9.17) is 4.74 Å². The number of aromatic amines is 1. The van der Waals surface area contributed by atoms with Gasteiger partial charge in [0.25, 0.3) is 5.56 Å². The van der Waals surface area contributed by atoms with Gasteiger partial charge in [0.1, 0.15) is 5.75 Å². The molecular formula is C23H17F2N5O3. The Hall–Kier alpha value is -4.34. The van der Waals surface area contributed by atoms with Crippen LogP contribution in [0.3, 0.4) is 0 Å². The molecule has 0 radical (unpaired) electrons. The molecule has 0 spiro atoms. The SMILES string of the molecule is CCOc1ncc2cc(-c3ccc4nc[nH]c4c3)c(=O)n(-c3ccc(OC(F)F)cc3)c2n1. The number of ether oxygens (including phenoxy) is 2. The van der Waals surface area contributed by atoms with E-state index in [2.05, 4.69) is 24.7 Å². The number of alkyl halides is 2. The first-order valence-corrected chi connectivity index (χ1v) is 10.1. The molecule has 166 valence electrons. The molecule has 0 saturated heterocycles. The average molecular weight is 449 g/mol. The van der Waals surface area contributed by atoms with Crippen molar-refractivity contribution < 1.29 is 18.3 Å². The predicted octanol–water partition coefficient (Wildman–Crippen LogP) is 4.32. The maximum Gasteiger partial charge on any atom is 0.387 e. The van der Waals surface area contributed by atoms with Crippen molar-refractivity contribution in [2.24, 2.45) is 0 Å². The number of aromatic nitrogens is 5. The molecule has 2 aromatic carbocycles. The number of nitrogens with one attached hydrogen (secondary N) is 1. The minimum atomic E-state index is -2.94. The van der Waals surface area contributed by atoms with E-state index < -0.39 is 6.61 Å². The average Bonchev–Trinajstić information content (AvgIpc) is 3.27. The first-order chi connectivity index (χ1) is 16.0. The normalized spacial score (nSPS) is 11.4. The van der Waals surface area contributed by atoms with E-state index in [1.54, 1.807) is 25.5 Å². The molecule has 3 heterocycles. The fourth-order valence-electron chi connectivity index (χ4n) is 3.61. The maximum absolute atomic E-state index is 13.7. The number of rotatable bonds is 6. The highest BCUT2D eigenvalue weighted by molar-refractivity contribution is 5.86. The van der Waals surface area contributed by atoms with Crippen LogP contribution < -0.4 is 15.0 Å². The lowest BCUT2D eigenvalue weighted by molar-refractivity contribution is -0.0498. The predicted molar refractivity (Wildman–Crippen MR) is 118 cm³/mol. The van der Waals surface area contributed by atoms with Gasteiger partial charge in [0, 0.05) is 17.1 Å². The summed E-state index contributed by atoms with van der Waals surface area (Å²) in [6.45, 7) is -0.781. The summed E-state index contributed by atoms with van der Waals surface area (Å²) in [4.78, 5) is 29.6. The third-order valence-corrected chi connectivity index (χ3v) is 5.04. The summed E-state index contributed by atoms with van der Waals surface area (Å²) in [5, 5.41) is 0.602. The van der Waals surface area contributed by atoms with Gasteiger partial charge in [-0.1, -0.05) is 6.07 Å². The number of imidazole rings is 1. The first kappa shape index (κ1) is 20.6. The molecule has 10 heteroatoms. The van der Waals surface area contributed by atoms with Crippen LogP contribution in [0.25, 0.3) is 38.9 Å². The molecule has 33 heavy (non-hydrogen) atoms. The molecule has 0 saturated carbocycles. The minimum Gasteiger partial charge on any atom is -0.464 e. The van der Waals surface area contributed by atoms with Gasteiger partial charge in [-0.2, -0.15) is 13.8 Å². The van der Waals surface area contributed by atoms with Crippen molar-refractivity contribution in [3.63, 3.8) is 0 Å². The van der Waals surface area contributed by atoms with Crippen molar-refractivity contribution in [2.45, 2.75) is 13.5 Å². The molecule has 5 rings (SSSR count). The second-order valence-corrected chi connectivity index (χ2v) is 7.07. The molecule has 0 aliphatic rings. The molecule has 0 unspecified atom stereocenters. The van der Waals surface area contributed by atoms with Gasteiger partial charge in [0.05, 0.1) is 29.7 Å². The van der Waals surface area contributed by atoms with Crippen LogP contribution in [0.4, 0.5) is 8.78 Å². The molecule has 0 fully saturated rings. The van der Waals surface area contributed by atoms with Gasteiger partial charge in [0.2, 0.25) is 0 Å². The zero-order valence-electron chi connectivity index (χ0n) is 17.3. The van der Waals surface area contributed by atoms with Gasteiger partial charge in [-0.15, -0.1) is 0 Å². The van der Waals surface area contributed by atoms with Crippen molar-refractivity contribution in [1.82, 2.24) is 24.5 Å². The smallest absolute Gasteiger partial charge is 0.387 e. The molecule has 0 bridgehead atoms. The van der Waals surface area contributed by atoms with E-state index >= 15 is 0 Å². The summed E-state index contributed by atoms with van der Waals surface area (Å²) in [5.74, 6) is -0.0170. The van der Waals surface area contributed by atoms with E-state index in [9.17, 15) is 13.6 Å². The van der Waals surface area contributed by atoms with E-state index in [0.717, 1.165) is 11.0 Å². The van der Waals surface area contributed by atoms with E-state index in [1.165, 1.54) is 28.8 Å². The van der Waals surface area contributed by atoms with Gasteiger partial charge >= 0.3 is 12.6 Å². The molecular weight excluding hydrogens is 432 g/mol. The largest absolute Gasteiger partial charge is 0.464 e. The highest BCUT2D eigenvalue weighted by atomic mass is 19.3. The highest BCUT2D eigenvalue weighted by Crippen LogP contribution is 2.26. The number of benzene rings is 2. The Balaban J connectivity index is 1.74. The molecule has 0 atom stereocenters. The Morgan fingerprint density at radius 3 is 2.67 bits per heavy atom. The molecule has 1 N–H and O–H groups in total. The van der Waals surface area contributed by atoms with Crippen LogP contribution in [-0.2, 0) is 0 Å². The van der Waals surface area contributed by atoms with Gasteiger partial charge in [0.15, 0.2) is 5.65 Å². The van der Waals surface area contributed by atoms with Crippen LogP contribution in [-0.4, -0.2) is 37.7 Å². The summed E-state index contributed by atoms with van der Waals surface area (Å²) >= 11 is 0. The van der Waals surface area contributed by atoms with Crippen LogP contribution >= 0.6 is 0 Å². The summed E-state index contributed by atoms with van der Waals surface area (Å²) in [6, 6.07) is 13.1. The lowest BCUT2D eigenvalue weighted by Crippen LogP contribution is -2.21. The Morgan fingerprint density at radius 1 is 1.09 bits per heavy atom. The van der Waals surface area contributed by atoms with Gasteiger partial charge in [-0.3, -0.25) is 9.36 Å². The Labute approximate surface area is 185 Å². The van der Waals surface area contributed by atoms with Crippen molar-refractivity contribution in [3.05, 3.63) is 71.4 Å². The molecule has 0 aliphatic heterocycles. The lowest BCUT2D eigenvalue weighted by Gasteiger charge is -2.14. The van der Waals surface area contributed by atoms with Crippen LogP contribution in [0.5, 0.6) is 11.8 Å². The van der Waals surface area contributed by atoms with E-state index in [-0.39, 0.29) is 17.3 Å². The summed E-state index contributed by atoms with van der Waals surface area (Å²) in [7, 11) is 0. The number of H-pyrrole nitrogens is 1. The van der Waals surface area contributed by atoms with Crippen molar-refractivity contribution in [2.75, 3.05) is 6.61 Å². The topological polar surface area (TPSA) is 94.9 Å². The lowest BCUT2D eigenvalue weighted by atomic mass is 10.1. The summed E-state index contributed by atoms with van der Waals surface area (Å²) < 4.78 is 36.3. The molecule has 8 nitrogen and oxygen atoms in total. The van der Waals surface area contributed by atoms with E-state index in [0.29, 0.717) is 34.5 Å². The zero-order chi connectivity index (χ0) is 22.9. The molecule has 3 aromatic heterocycles. The number of pyridine rings is 1. The van der Waals surface area contributed by atoms with Crippen molar-refractivity contribution >= 4 is 22.1 Å². The second kappa shape index (κ2) is 8.30. The third kappa shape index (κ3) is 3.86. The van der Waals surface area contributed by atoms with Crippen molar-refractivity contribution in [1.29, 1.82) is 0 Å². The van der Waals surface area contributed by atoms with Crippen LogP contribution in [0.2, 0.25) is 0 Å². The number of fused-ring (bicyclic) bond motifs is 2.